The van der Waals surface area contributed by atoms with Gasteiger partial charge in [-0.2, -0.15) is 0 Å². The number of alkyl carbamates (subject to hydrolysis) is 1. The number of nitrogens with zero attached hydrogens (tertiary/aromatic N) is 1. The summed E-state index contributed by atoms with van der Waals surface area (Å²) in [4.78, 5) is 37.3. The summed E-state index contributed by atoms with van der Waals surface area (Å²) < 4.78 is 38.0. The standard InChI is InChI=1S/C24H24F2N2O6/c1-33-12-19(21(29)28-13-24(25,26)10-20(28)22(30)31)27-23(32)34-11-18-16-8-4-2-6-14(16)15-7-3-5-9-17(15)18/h2-9,18-20H,10-13H2,1H3,(H,27,32)(H,30,31)/t19?,20-/m0/s1. The van der Waals surface area contributed by atoms with Gasteiger partial charge in [-0.05, 0) is 22.3 Å². The van der Waals surface area contributed by atoms with Crippen LogP contribution < -0.4 is 5.32 Å². The van der Waals surface area contributed by atoms with Crippen LogP contribution in [0.3, 0.4) is 0 Å². The van der Waals surface area contributed by atoms with Crippen molar-refractivity contribution in [1.82, 2.24) is 10.2 Å². The van der Waals surface area contributed by atoms with Gasteiger partial charge in [0.2, 0.25) is 5.91 Å². The first kappa shape index (κ1) is 23.6. The van der Waals surface area contributed by atoms with Gasteiger partial charge in [0, 0.05) is 19.4 Å². The predicted molar refractivity (Wildman–Crippen MR) is 117 cm³/mol. The number of likely N-dealkylation sites (tertiary alicyclic amines) is 1. The molecule has 1 saturated heterocycles. The van der Waals surface area contributed by atoms with Crippen molar-refractivity contribution in [3.8, 4) is 11.1 Å². The number of carbonyl (C=O) groups is 3. The fourth-order valence-corrected chi connectivity index (χ4v) is 4.59. The van der Waals surface area contributed by atoms with Crippen molar-refractivity contribution in [2.24, 2.45) is 0 Å². The van der Waals surface area contributed by atoms with Crippen molar-refractivity contribution >= 4 is 18.0 Å². The van der Waals surface area contributed by atoms with Crippen molar-refractivity contribution < 1.29 is 37.7 Å². The zero-order valence-corrected chi connectivity index (χ0v) is 18.4. The molecule has 0 spiro atoms. The number of aliphatic carboxylic acids is 1. The van der Waals surface area contributed by atoms with Crippen LogP contribution >= 0.6 is 0 Å². The van der Waals surface area contributed by atoms with Crippen LogP contribution in [0.15, 0.2) is 48.5 Å². The van der Waals surface area contributed by atoms with Gasteiger partial charge in [0.25, 0.3) is 5.92 Å². The summed E-state index contributed by atoms with van der Waals surface area (Å²) >= 11 is 0. The topological polar surface area (TPSA) is 105 Å². The maximum atomic E-state index is 13.8. The number of rotatable bonds is 7. The van der Waals surface area contributed by atoms with Crippen LogP contribution in [-0.4, -0.2) is 72.9 Å². The Hall–Kier alpha value is -3.53. The van der Waals surface area contributed by atoms with E-state index >= 15 is 0 Å². The fraction of sp³-hybridized carbons (Fsp3) is 0.375. The lowest BCUT2D eigenvalue weighted by atomic mass is 9.98. The number of halogens is 2. The van der Waals surface area contributed by atoms with Crippen molar-refractivity contribution in [2.45, 2.75) is 30.3 Å². The Balaban J connectivity index is 1.44. The maximum absolute atomic E-state index is 13.8. The van der Waals surface area contributed by atoms with Crippen LogP contribution in [0.2, 0.25) is 0 Å². The highest BCUT2D eigenvalue weighted by atomic mass is 19.3. The molecule has 0 saturated carbocycles. The smallest absolute Gasteiger partial charge is 0.407 e. The van der Waals surface area contributed by atoms with E-state index in [1.165, 1.54) is 7.11 Å². The van der Waals surface area contributed by atoms with E-state index in [1.807, 2.05) is 48.5 Å². The third kappa shape index (κ3) is 4.58. The highest BCUT2D eigenvalue weighted by Gasteiger charge is 2.51. The molecule has 2 aromatic rings. The zero-order chi connectivity index (χ0) is 24.5. The van der Waals surface area contributed by atoms with E-state index < -0.39 is 48.9 Å². The van der Waals surface area contributed by atoms with E-state index in [0.717, 1.165) is 22.3 Å². The first-order valence-electron chi connectivity index (χ1n) is 10.7. The number of alkyl halides is 2. The monoisotopic (exact) mass is 474 g/mol. The number of amides is 2. The first-order valence-corrected chi connectivity index (χ1v) is 10.7. The number of carboxylic acids is 1. The first-order chi connectivity index (χ1) is 16.2. The predicted octanol–water partition coefficient (Wildman–Crippen LogP) is 2.86. The molecule has 8 nitrogen and oxygen atoms in total. The van der Waals surface area contributed by atoms with Gasteiger partial charge in [0.1, 0.15) is 18.7 Å². The second kappa shape index (κ2) is 9.38. The molecule has 1 fully saturated rings. The van der Waals surface area contributed by atoms with E-state index in [4.69, 9.17) is 9.47 Å². The van der Waals surface area contributed by atoms with Crippen LogP contribution in [0.25, 0.3) is 11.1 Å². The van der Waals surface area contributed by atoms with Gasteiger partial charge in [-0.3, -0.25) is 4.79 Å². The molecular weight excluding hydrogens is 450 g/mol. The summed E-state index contributed by atoms with van der Waals surface area (Å²) in [5, 5.41) is 11.6. The maximum Gasteiger partial charge on any atom is 0.407 e. The molecule has 0 bridgehead atoms. The largest absolute Gasteiger partial charge is 0.480 e. The van der Waals surface area contributed by atoms with Crippen molar-refractivity contribution in [1.29, 1.82) is 0 Å². The van der Waals surface area contributed by atoms with Crippen LogP contribution in [0.5, 0.6) is 0 Å². The minimum Gasteiger partial charge on any atom is -0.480 e. The van der Waals surface area contributed by atoms with Gasteiger partial charge in [-0.1, -0.05) is 48.5 Å². The Kier molecular flexibility index (Phi) is 6.52. The van der Waals surface area contributed by atoms with Crippen molar-refractivity contribution in [2.75, 3.05) is 26.9 Å². The van der Waals surface area contributed by atoms with Gasteiger partial charge in [-0.25, -0.2) is 18.4 Å². The van der Waals surface area contributed by atoms with E-state index in [0.29, 0.717) is 4.90 Å². The molecule has 1 aliphatic heterocycles. The summed E-state index contributed by atoms with van der Waals surface area (Å²) in [5.41, 5.74) is 4.11. The number of fused-ring (bicyclic) bond motifs is 3. The third-order valence-electron chi connectivity index (χ3n) is 6.11. The number of hydrogen-bond acceptors (Lipinski definition) is 5. The summed E-state index contributed by atoms with van der Waals surface area (Å²) in [5.74, 6) is -6.05. The molecule has 180 valence electrons. The summed E-state index contributed by atoms with van der Waals surface area (Å²) in [6.07, 6.45) is -1.92. The van der Waals surface area contributed by atoms with Gasteiger partial charge >= 0.3 is 12.1 Å². The van der Waals surface area contributed by atoms with Gasteiger partial charge in [0.15, 0.2) is 0 Å². The average molecular weight is 474 g/mol. The second-order valence-corrected chi connectivity index (χ2v) is 8.36. The number of methoxy groups -OCH3 is 1. The molecule has 34 heavy (non-hydrogen) atoms. The second-order valence-electron chi connectivity index (χ2n) is 8.36. The lowest BCUT2D eigenvalue weighted by Gasteiger charge is -2.26. The summed E-state index contributed by atoms with van der Waals surface area (Å²) in [6.45, 7) is -1.39. The number of carbonyl (C=O) groups excluding carboxylic acids is 2. The molecule has 1 heterocycles. The van der Waals surface area contributed by atoms with Gasteiger partial charge < -0.3 is 24.8 Å². The average Bonchev–Trinajstić information content (AvgIpc) is 3.31. The third-order valence-corrected chi connectivity index (χ3v) is 6.11. The summed E-state index contributed by atoms with van der Waals surface area (Å²) in [7, 11) is 1.27. The number of hydrogen-bond donors (Lipinski definition) is 2. The lowest BCUT2D eigenvalue weighted by Crippen LogP contribution is -2.53. The SMILES string of the molecule is COCC(NC(=O)OCC1c2ccccc2-c2ccccc21)C(=O)N1CC(F)(F)C[C@H]1C(=O)O. The molecule has 2 atom stereocenters. The normalized spacial score (nSPS) is 19.3. The number of carboxylic acid groups (broad SMARTS) is 1. The Morgan fingerprint density at radius 2 is 1.71 bits per heavy atom. The molecule has 2 aliphatic rings. The molecule has 2 N–H and O–H groups in total. The highest BCUT2D eigenvalue weighted by molar-refractivity contribution is 5.90. The zero-order valence-electron chi connectivity index (χ0n) is 18.4. The van der Waals surface area contributed by atoms with Crippen LogP contribution in [-0.2, 0) is 19.1 Å². The van der Waals surface area contributed by atoms with Gasteiger partial charge in [-0.15, -0.1) is 0 Å². The Morgan fingerprint density at radius 1 is 1.12 bits per heavy atom. The molecule has 0 radical (unpaired) electrons. The molecular formula is C24H24F2N2O6. The number of nitrogens with one attached hydrogen (secondary N) is 1. The molecule has 0 aromatic heterocycles. The fourth-order valence-electron chi connectivity index (χ4n) is 4.59. The Labute approximate surface area is 194 Å². The van der Waals surface area contributed by atoms with Crippen LogP contribution in [0, 0.1) is 0 Å². The Bertz CT molecular complexity index is 1060. The lowest BCUT2D eigenvalue weighted by molar-refractivity contribution is -0.149. The van der Waals surface area contributed by atoms with Crippen molar-refractivity contribution in [3.05, 3.63) is 59.7 Å². The molecule has 1 unspecified atom stereocenters. The molecule has 2 aromatic carbocycles. The van der Waals surface area contributed by atoms with E-state index in [2.05, 4.69) is 5.32 Å². The number of ether oxygens (including phenoxy) is 2. The van der Waals surface area contributed by atoms with E-state index in [-0.39, 0.29) is 19.1 Å². The Morgan fingerprint density at radius 3 is 2.26 bits per heavy atom. The highest BCUT2D eigenvalue weighted by Crippen LogP contribution is 2.44. The van der Waals surface area contributed by atoms with E-state index in [9.17, 15) is 28.3 Å². The van der Waals surface area contributed by atoms with Crippen LogP contribution in [0.1, 0.15) is 23.5 Å². The van der Waals surface area contributed by atoms with E-state index in [1.54, 1.807) is 0 Å². The van der Waals surface area contributed by atoms with Crippen LogP contribution in [0.4, 0.5) is 13.6 Å². The molecule has 2 amide bonds. The molecule has 10 heteroatoms. The molecule has 4 rings (SSSR count). The molecule has 1 aliphatic carbocycles. The van der Waals surface area contributed by atoms with Crippen molar-refractivity contribution in [3.63, 3.8) is 0 Å². The quantitative estimate of drug-likeness (QED) is 0.640. The summed E-state index contributed by atoms with van der Waals surface area (Å²) in [6, 6.07) is 12.5. The number of benzene rings is 2. The minimum absolute atomic E-state index is 0.00666. The minimum atomic E-state index is -3.33. The van der Waals surface area contributed by atoms with Gasteiger partial charge in [0.05, 0.1) is 13.2 Å².